The van der Waals surface area contributed by atoms with E-state index in [0.29, 0.717) is 0 Å². The van der Waals surface area contributed by atoms with Crippen LogP contribution in [-0.2, 0) is 6.61 Å². The van der Waals surface area contributed by atoms with Crippen LogP contribution in [0.5, 0.6) is 5.75 Å². The van der Waals surface area contributed by atoms with Gasteiger partial charge in [0.1, 0.15) is 23.7 Å². The van der Waals surface area contributed by atoms with Crippen LogP contribution in [-0.4, -0.2) is 11.8 Å². The van der Waals surface area contributed by atoms with Crippen molar-refractivity contribution >= 4 is 11.8 Å². The largest absolute Gasteiger partial charge is 0.487 e. The van der Waals surface area contributed by atoms with Crippen molar-refractivity contribution in [3.63, 3.8) is 0 Å². The van der Waals surface area contributed by atoms with Gasteiger partial charge in [0.15, 0.2) is 0 Å². The van der Waals surface area contributed by atoms with Crippen LogP contribution in [0.2, 0.25) is 0 Å². The maximum Gasteiger partial charge on any atom is 0.255 e. The number of carbonyl (C=O) groups is 2. The maximum atomic E-state index is 13.7. The molecule has 0 aliphatic carbocycles. The highest BCUT2D eigenvalue weighted by Gasteiger charge is 2.22. The van der Waals surface area contributed by atoms with Gasteiger partial charge in [-0.15, -0.1) is 0 Å². The molecule has 2 aromatic rings. The molecule has 5 nitrogen and oxygen atoms in total. The van der Waals surface area contributed by atoms with E-state index in [1.807, 2.05) is 6.07 Å². The number of carbonyl (C=O) groups excluding carboxylic acids is 2. The standard InChI is InChI=1S/C15H13FN2O3/c16-11-7-6-10(14(17)19)13(12(11)15(18)20)21-8-9-4-2-1-3-5-9/h1-7H,8H2,(H2,17,19)(H2,18,20). The van der Waals surface area contributed by atoms with Crippen molar-refractivity contribution in [1.82, 2.24) is 0 Å². The Morgan fingerprint density at radius 1 is 1.00 bits per heavy atom. The summed E-state index contributed by atoms with van der Waals surface area (Å²) in [5.74, 6) is -2.96. The lowest BCUT2D eigenvalue weighted by molar-refractivity contribution is 0.0989. The highest BCUT2D eigenvalue weighted by molar-refractivity contribution is 6.03. The first kappa shape index (κ1) is 14.5. The number of benzene rings is 2. The number of nitrogens with two attached hydrogens (primary N) is 2. The van der Waals surface area contributed by atoms with E-state index in [-0.39, 0.29) is 17.9 Å². The molecule has 21 heavy (non-hydrogen) atoms. The number of amides is 2. The Balaban J connectivity index is 2.42. The van der Waals surface area contributed by atoms with Crippen LogP contribution in [0.1, 0.15) is 26.3 Å². The lowest BCUT2D eigenvalue weighted by atomic mass is 10.1. The fraction of sp³-hybridized carbons (Fsp3) is 0.0667. The van der Waals surface area contributed by atoms with Gasteiger partial charge in [-0.2, -0.15) is 0 Å². The lowest BCUT2D eigenvalue weighted by Gasteiger charge is -2.13. The molecule has 0 bridgehead atoms. The molecule has 0 atom stereocenters. The molecule has 2 rings (SSSR count). The van der Waals surface area contributed by atoms with Crippen LogP contribution in [0.3, 0.4) is 0 Å². The maximum absolute atomic E-state index is 13.7. The summed E-state index contributed by atoms with van der Waals surface area (Å²) in [4.78, 5) is 22.8. The number of halogens is 1. The average molecular weight is 288 g/mol. The minimum atomic E-state index is -1.03. The van der Waals surface area contributed by atoms with E-state index in [4.69, 9.17) is 16.2 Å². The second-order valence-corrected chi connectivity index (χ2v) is 4.30. The van der Waals surface area contributed by atoms with Crippen LogP contribution in [0.25, 0.3) is 0 Å². The third kappa shape index (κ3) is 3.17. The smallest absolute Gasteiger partial charge is 0.255 e. The van der Waals surface area contributed by atoms with Crippen molar-refractivity contribution in [2.75, 3.05) is 0 Å². The quantitative estimate of drug-likeness (QED) is 0.874. The van der Waals surface area contributed by atoms with Gasteiger partial charge in [0.05, 0.1) is 5.56 Å². The molecule has 0 aromatic heterocycles. The summed E-state index contributed by atoms with van der Waals surface area (Å²) in [6.07, 6.45) is 0. The number of primary amides is 2. The molecule has 0 spiro atoms. The molecule has 6 heteroatoms. The van der Waals surface area contributed by atoms with Gasteiger partial charge < -0.3 is 16.2 Å². The molecule has 0 aliphatic heterocycles. The summed E-state index contributed by atoms with van der Waals surface area (Å²) in [7, 11) is 0. The van der Waals surface area contributed by atoms with Gasteiger partial charge in [0.2, 0.25) is 0 Å². The van der Waals surface area contributed by atoms with Gasteiger partial charge in [0, 0.05) is 0 Å². The zero-order chi connectivity index (χ0) is 15.4. The Kier molecular flexibility index (Phi) is 4.18. The minimum absolute atomic E-state index is 0.0465. The van der Waals surface area contributed by atoms with Crippen molar-refractivity contribution in [3.8, 4) is 5.75 Å². The van der Waals surface area contributed by atoms with E-state index >= 15 is 0 Å². The van der Waals surface area contributed by atoms with Gasteiger partial charge in [-0.1, -0.05) is 30.3 Å². The number of hydrogen-bond acceptors (Lipinski definition) is 3. The zero-order valence-electron chi connectivity index (χ0n) is 11.0. The predicted molar refractivity (Wildman–Crippen MR) is 74.2 cm³/mol. The normalized spacial score (nSPS) is 10.1. The van der Waals surface area contributed by atoms with Gasteiger partial charge in [-0.05, 0) is 17.7 Å². The van der Waals surface area contributed by atoms with E-state index in [0.717, 1.165) is 17.7 Å². The Morgan fingerprint density at radius 3 is 2.24 bits per heavy atom. The molecule has 4 N–H and O–H groups in total. The fourth-order valence-electron chi connectivity index (χ4n) is 1.86. The summed E-state index contributed by atoms with van der Waals surface area (Å²) in [5.41, 5.74) is 10.6. The average Bonchev–Trinajstić information content (AvgIpc) is 2.45. The third-order valence-corrected chi connectivity index (χ3v) is 2.84. The Bertz CT molecular complexity index is 687. The first-order chi connectivity index (χ1) is 10.0. The van der Waals surface area contributed by atoms with Crippen molar-refractivity contribution < 1.29 is 18.7 Å². The van der Waals surface area contributed by atoms with Crippen LogP contribution >= 0.6 is 0 Å². The Morgan fingerprint density at radius 2 is 1.67 bits per heavy atom. The van der Waals surface area contributed by atoms with Crippen LogP contribution in [0.15, 0.2) is 42.5 Å². The summed E-state index contributed by atoms with van der Waals surface area (Å²) in [6.45, 7) is 0.0465. The molecule has 0 aliphatic rings. The molecule has 2 aromatic carbocycles. The third-order valence-electron chi connectivity index (χ3n) is 2.84. The van der Waals surface area contributed by atoms with E-state index in [1.165, 1.54) is 0 Å². The predicted octanol–water partition coefficient (Wildman–Crippen LogP) is 1.60. The zero-order valence-corrected chi connectivity index (χ0v) is 11.0. The van der Waals surface area contributed by atoms with E-state index in [1.54, 1.807) is 24.3 Å². The monoisotopic (exact) mass is 288 g/mol. The highest BCUT2D eigenvalue weighted by Crippen LogP contribution is 2.27. The van der Waals surface area contributed by atoms with Crippen LogP contribution in [0.4, 0.5) is 4.39 Å². The van der Waals surface area contributed by atoms with Crippen molar-refractivity contribution in [2.45, 2.75) is 6.61 Å². The molecule has 0 unspecified atom stereocenters. The second-order valence-electron chi connectivity index (χ2n) is 4.30. The van der Waals surface area contributed by atoms with Crippen molar-refractivity contribution in [2.24, 2.45) is 11.5 Å². The van der Waals surface area contributed by atoms with Gasteiger partial charge in [0.25, 0.3) is 11.8 Å². The molecule has 0 saturated heterocycles. The molecule has 2 amide bonds. The summed E-state index contributed by atoms with van der Waals surface area (Å²) < 4.78 is 19.2. The van der Waals surface area contributed by atoms with E-state index in [2.05, 4.69) is 0 Å². The molecule has 0 saturated carbocycles. The Hall–Kier alpha value is -2.89. The molecule has 0 fully saturated rings. The number of rotatable bonds is 5. The summed E-state index contributed by atoms with van der Waals surface area (Å²) in [5, 5.41) is 0. The molecule has 0 heterocycles. The van der Waals surface area contributed by atoms with Gasteiger partial charge in [-0.25, -0.2) is 4.39 Å². The fourth-order valence-corrected chi connectivity index (χ4v) is 1.86. The van der Waals surface area contributed by atoms with E-state index < -0.39 is 23.2 Å². The molecular weight excluding hydrogens is 275 g/mol. The number of hydrogen-bond donors (Lipinski definition) is 2. The first-order valence-corrected chi connectivity index (χ1v) is 6.09. The van der Waals surface area contributed by atoms with E-state index in [9.17, 15) is 14.0 Å². The first-order valence-electron chi connectivity index (χ1n) is 6.09. The molecule has 0 radical (unpaired) electrons. The number of ether oxygens (including phenoxy) is 1. The Labute approximate surface area is 120 Å². The van der Waals surface area contributed by atoms with Gasteiger partial charge in [-0.3, -0.25) is 9.59 Å². The van der Waals surface area contributed by atoms with Gasteiger partial charge >= 0.3 is 0 Å². The summed E-state index contributed by atoms with van der Waals surface area (Å²) >= 11 is 0. The lowest BCUT2D eigenvalue weighted by Crippen LogP contribution is -2.20. The van der Waals surface area contributed by atoms with Crippen molar-refractivity contribution in [1.29, 1.82) is 0 Å². The molecule has 108 valence electrons. The van der Waals surface area contributed by atoms with Crippen molar-refractivity contribution in [3.05, 3.63) is 65.0 Å². The van der Waals surface area contributed by atoms with Crippen LogP contribution < -0.4 is 16.2 Å². The molecular formula is C15H13FN2O3. The topological polar surface area (TPSA) is 95.4 Å². The minimum Gasteiger partial charge on any atom is -0.487 e. The second kappa shape index (κ2) is 6.04. The SMILES string of the molecule is NC(=O)c1ccc(F)c(C(N)=O)c1OCc1ccccc1. The summed E-state index contributed by atoms with van der Waals surface area (Å²) in [6, 6.07) is 11.1. The highest BCUT2D eigenvalue weighted by atomic mass is 19.1. The van der Waals surface area contributed by atoms with Crippen LogP contribution in [0, 0.1) is 5.82 Å².